The number of halogens is 1. The summed E-state index contributed by atoms with van der Waals surface area (Å²) in [6.45, 7) is 7.84. The van der Waals surface area contributed by atoms with Crippen molar-refractivity contribution in [3.05, 3.63) is 65.5 Å². The van der Waals surface area contributed by atoms with Gasteiger partial charge in [0.15, 0.2) is 0 Å². The third-order valence-corrected chi connectivity index (χ3v) is 7.37. The van der Waals surface area contributed by atoms with E-state index in [9.17, 15) is 22.4 Å². The topological polar surface area (TPSA) is 86.8 Å². The second kappa shape index (κ2) is 13.4. The Labute approximate surface area is 214 Å². The van der Waals surface area contributed by atoms with Gasteiger partial charge in [-0.15, -0.1) is 0 Å². The van der Waals surface area contributed by atoms with Crippen molar-refractivity contribution >= 4 is 27.5 Å². The summed E-state index contributed by atoms with van der Waals surface area (Å²) in [5.74, 6) is -0.876. The lowest BCUT2D eigenvalue weighted by Gasteiger charge is -2.32. The first-order valence-electron chi connectivity index (χ1n) is 12.4. The molecule has 0 saturated carbocycles. The molecule has 0 aromatic heterocycles. The summed E-state index contributed by atoms with van der Waals surface area (Å²) in [5.41, 5.74) is 2.10. The Kier molecular flexibility index (Phi) is 10.9. The van der Waals surface area contributed by atoms with Crippen LogP contribution in [0.15, 0.2) is 48.5 Å². The van der Waals surface area contributed by atoms with Gasteiger partial charge >= 0.3 is 0 Å². The minimum Gasteiger partial charge on any atom is -0.352 e. The van der Waals surface area contributed by atoms with Crippen LogP contribution in [0.3, 0.4) is 0 Å². The molecule has 0 spiro atoms. The summed E-state index contributed by atoms with van der Waals surface area (Å²) in [5, 5.41) is 2.95. The van der Waals surface area contributed by atoms with E-state index in [0.717, 1.165) is 18.2 Å². The van der Waals surface area contributed by atoms with Crippen molar-refractivity contribution in [3.63, 3.8) is 0 Å². The van der Waals surface area contributed by atoms with E-state index < -0.39 is 16.1 Å². The van der Waals surface area contributed by atoms with E-state index in [4.69, 9.17) is 0 Å². The molecule has 0 aliphatic carbocycles. The molecule has 9 heteroatoms. The lowest BCUT2D eigenvalue weighted by molar-refractivity contribution is -0.141. The molecule has 0 unspecified atom stereocenters. The van der Waals surface area contributed by atoms with Crippen molar-refractivity contribution in [2.75, 3.05) is 17.1 Å². The molecule has 0 heterocycles. The highest BCUT2D eigenvalue weighted by Gasteiger charge is 2.29. The Morgan fingerprint density at radius 3 is 2.22 bits per heavy atom. The SMILES string of the molecule is CC[C@H](C(=O)N[C@@H](C)CC)N(Cc1ccc(F)cc1)C(=O)CCCN(c1ccccc1C)S(C)(=O)=O. The number of benzene rings is 2. The first-order chi connectivity index (χ1) is 17.0. The van der Waals surface area contributed by atoms with Gasteiger partial charge in [0.2, 0.25) is 21.8 Å². The van der Waals surface area contributed by atoms with Crippen LogP contribution in [0.25, 0.3) is 0 Å². The highest BCUT2D eigenvalue weighted by Crippen LogP contribution is 2.23. The molecule has 2 atom stereocenters. The van der Waals surface area contributed by atoms with Gasteiger partial charge in [-0.05, 0) is 62.4 Å². The number of para-hydroxylation sites is 1. The van der Waals surface area contributed by atoms with Crippen LogP contribution < -0.4 is 9.62 Å². The van der Waals surface area contributed by atoms with Crippen molar-refractivity contribution in [2.24, 2.45) is 0 Å². The van der Waals surface area contributed by atoms with E-state index in [0.29, 0.717) is 17.7 Å². The molecule has 0 aliphatic rings. The van der Waals surface area contributed by atoms with Crippen molar-refractivity contribution in [1.82, 2.24) is 10.2 Å². The van der Waals surface area contributed by atoms with Crippen LogP contribution in [0.4, 0.5) is 10.1 Å². The number of aryl methyl sites for hydroxylation is 1. The monoisotopic (exact) mass is 519 g/mol. The van der Waals surface area contributed by atoms with Gasteiger partial charge in [-0.25, -0.2) is 12.8 Å². The Bertz CT molecular complexity index is 1120. The second-order valence-corrected chi connectivity index (χ2v) is 11.0. The smallest absolute Gasteiger partial charge is 0.243 e. The zero-order valence-electron chi connectivity index (χ0n) is 21.8. The number of sulfonamides is 1. The molecule has 1 N–H and O–H groups in total. The van der Waals surface area contributed by atoms with E-state index in [-0.39, 0.29) is 49.6 Å². The minimum absolute atomic E-state index is 0.0354. The van der Waals surface area contributed by atoms with Crippen LogP contribution in [0.2, 0.25) is 0 Å². The molecule has 2 aromatic rings. The highest BCUT2D eigenvalue weighted by atomic mass is 32.2. The van der Waals surface area contributed by atoms with E-state index in [2.05, 4.69) is 5.32 Å². The summed E-state index contributed by atoms with van der Waals surface area (Å²) in [6, 6.07) is 12.3. The number of hydrogen-bond donors (Lipinski definition) is 1. The number of carbonyl (C=O) groups is 2. The van der Waals surface area contributed by atoms with E-state index in [1.807, 2.05) is 39.8 Å². The normalized spacial score (nSPS) is 13.1. The van der Waals surface area contributed by atoms with Crippen LogP contribution in [0, 0.1) is 12.7 Å². The molecule has 0 fully saturated rings. The molecule has 2 rings (SSSR count). The van der Waals surface area contributed by atoms with Crippen LogP contribution in [0.5, 0.6) is 0 Å². The quantitative estimate of drug-likeness (QED) is 0.425. The summed E-state index contributed by atoms with van der Waals surface area (Å²) in [6.07, 6.45) is 2.66. The van der Waals surface area contributed by atoms with E-state index in [1.165, 1.54) is 21.3 Å². The zero-order valence-corrected chi connectivity index (χ0v) is 22.6. The van der Waals surface area contributed by atoms with Crippen molar-refractivity contribution < 1.29 is 22.4 Å². The summed E-state index contributed by atoms with van der Waals surface area (Å²) < 4.78 is 39.7. The van der Waals surface area contributed by atoms with Crippen LogP contribution in [-0.4, -0.2) is 50.0 Å². The first kappa shape index (κ1) is 29.3. The maximum atomic E-state index is 13.4. The fraction of sp³-hybridized carbons (Fsp3) is 0.481. The lowest BCUT2D eigenvalue weighted by atomic mass is 10.1. The molecule has 0 saturated heterocycles. The molecule has 2 aromatic carbocycles. The maximum Gasteiger partial charge on any atom is 0.243 e. The molecular formula is C27H38FN3O4S. The summed E-state index contributed by atoms with van der Waals surface area (Å²) in [4.78, 5) is 27.9. The van der Waals surface area contributed by atoms with Crippen molar-refractivity contribution in [2.45, 2.75) is 72.0 Å². The van der Waals surface area contributed by atoms with Crippen molar-refractivity contribution in [1.29, 1.82) is 0 Å². The Hall–Kier alpha value is -2.94. The number of nitrogens with zero attached hydrogens (tertiary/aromatic N) is 2. The third-order valence-electron chi connectivity index (χ3n) is 6.19. The Morgan fingerprint density at radius 1 is 1.03 bits per heavy atom. The van der Waals surface area contributed by atoms with Gasteiger partial charge in [-0.3, -0.25) is 13.9 Å². The van der Waals surface area contributed by atoms with Crippen LogP contribution in [0.1, 0.15) is 57.6 Å². The molecule has 36 heavy (non-hydrogen) atoms. The first-order valence-corrected chi connectivity index (χ1v) is 14.2. The van der Waals surface area contributed by atoms with Crippen LogP contribution >= 0.6 is 0 Å². The number of amides is 2. The van der Waals surface area contributed by atoms with E-state index in [1.54, 1.807) is 24.3 Å². The predicted molar refractivity (Wildman–Crippen MR) is 142 cm³/mol. The maximum absolute atomic E-state index is 13.4. The Morgan fingerprint density at radius 2 is 1.67 bits per heavy atom. The van der Waals surface area contributed by atoms with Gasteiger partial charge in [-0.2, -0.15) is 0 Å². The molecule has 7 nitrogen and oxygen atoms in total. The molecule has 0 radical (unpaired) electrons. The number of rotatable bonds is 13. The largest absolute Gasteiger partial charge is 0.352 e. The van der Waals surface area contributed by atoms with Gasteiger partial charge in [0.05, 0.1) is 11.9 Å². The molecule has 0 bridgehead atoms. The van der Waals surface area contributed by atoms with Gasteiger partial charge in [-0.1, -0.05) is 44.2 Å². The standard InChI is InChI=1S/C27H38FN3O4S/c1-6-21(4)29-27(33)24(7-2)30(19-22-14-16-23(28)17-15-22)26(32)13-10-18-31(36(5,34)35)25-12-9-8-11-20(25)3/h8-9,11-12,14-17,21,24H,6-7,10,13,18-19H2,1-5H3,(H,29,33)/t21-,24+/m0/s1. The molecule has 2 amide bonds. The highest BCUT2D eigenvalue weighted by molar-refractivity contribution is 7.92. The lowest BCUT2D eigenvalue weighted by Crippen LogP contribution is -2.50. The van der Waals surface area contributed by atoms with Gasteiger partial charge in [0.25, 0.3) is 0 Å². The number of hydrogen-bond acceptors (Lipinski definition) is 4. The van der Waals surface area contributed by atoms with Gasteiger partial charge < -0.3 is 10.2 Å². The molecular weight excluding hydrogens is 481 g/mol. The predicted octanol–water partition coefficient (Wildman–Crippen LogP) is 4.40. The van der Waals surface area contributed by atoms with Crippen LogP contribution in [-0.2, 0) is 26.2 Å². The number of anilines is 1. The molecule has 198 valence electrons. The third kappa shape index (κ3) is 8.33. The van der Waals surface area contributed by atoms with Crippen molar-refractivity contribution in [3.8, 4) is 0 Å². The fourth-order valence-electron chi connectivity index (χ4n) is 3.97. The van der Waals surface area contributed by atoms with Gasteiger partial charge in [0, 0.05) is 25.6 Å². The minimum atomic E-state index is -3.55. The number of nitrogens with one attached hydrogen (secondary N) is 1. The summed E-state index contributed by atoms with van der Waals surface area (Å²) >= 11 is 0. The van der Waals surface area contributed by atoms with Gasteiger partial charge in [0.1, 0.15) is 11.9 Å². The average Bonchev–Trinajstić information content (AvgIpc) is 2.82. The zero-order chi connectivity index (χ0) is 26.9. The second-order valence-electron chi connectivity index (χ2n) is 9.12. The summed E-state index contributed by atoms with van der Waals surface area (Å²) in [7, 11) is -3.55. The fourth-order valence-corrected chi connectivity index (χ4v) is 5.00. The number of carbonyl (C=O) groups excluding carboxylic acids is 2. The van der Waals surface area contributed by atoms with E-state index >= 15 is 0 Å². The average molecular weight is 520 g/mol. The molecule has 0 aliphatic heterocycles. The Balaban J connectivity index is 2.23.